The van der Waals surface area contributed by atoms with Crippen molar-refractivity contribution in [2.45, 2.75) is 6.92 Å². The summed E-state index contributed by atoms with van der Waals surface area (Å²) in [6.45, 7) is 2.07. The molecule has 0 aliphatic carbocycles. The van der Waals surface area contributed by atoms with Crippen molar-refractivity contribution in [1.29, 1.82) is 0 Å². The molecular formula is C26H15F2NS. The van der Waals surface area contributed by atoms with E-state index in [1.54, 1.807) is 0 Å². The Labute approximate surface area is 178 Å². The molecule has 0 amide bonds. The highest BCUT2D eigenvalue weighted by Gasteiger charge is 2.09. The molecule has 0 heterocycles. The molecule has 1 nitrogen and oxygen atoms in total. The number of halogens is 2. The third-order valence-electron chi connectivity index (χ3n) is 4.75. The van der Waals surface area contributed by atoms with Crippen LogP contribution in [0, 0.1) is 30.4 Å². The van der Waals surface area contributed by atoms with Gasteiger partial charge >= 0.3 is 0 Å². The van der Waals surface area contributed by atoms with Crippen molar-refractivity contribution in [2.75, 3.05) is 0 Å². The van der Waals surface area contributed by atoms with E-state index in [0.717, 1.165) is 39.6 Å². The lowest BCUT2D eigenvalue weighted by Gasteiger charge is -2.05. The van der Waals surface area contributed by atoms with E-state index in [4.69, 9.17) is 0 Å². The highest BCUT2D eigenvalue weighted by Crippen LogP contribution is 2.26. The van der Waals surface area contributed by atoms with Crippen molar-refractivity contribution in [3.05, 3.63) is 101 Å². The Morgan fingerprint density at radius 3 is 2.00 bits per heavy atom. The maximum Gasteiger partial charge on any atom is 0.153 e. The number of isothiocyanates is 1. The summed E-state index contributed by atoms with van der Waals surface area (Å²) in [6.07, 6.45) is 0. The third kappa shape index (κ3) is 4.18. The van der Waals surface area contributed by atoms with Crippen LogP contribution in [0.4, 0.5) is 14.5 Å². The molecule has 0 aliphatic heterocycles. The largest absolute Gasteiger partial charge is 0.204 e. The minimum Gasteiger partial charge on any atom is -0.204 e. The summed E-state index contributed by atoms with van der Waals surface area (Å²) in [7, 11) is 0. The van der Waals surface area contributed by atoms with Gasteiger partial charge in [0.2, 0.25) is 0 Å². The minimum absolute atomic E-state index is 0.225. The molecule has 0 spiro atoms. The Kier molecular flexibility index (Phi) is 5.50. The standard InChI is InChI=1S/C26H15F2NS/c1-17-2-7-20(8-3-17)22-11-10-21-12-18(6-9-23(21)15-22)4-5-19-13-24(27)26(29-16-30)25(28)14-19/h2-3,6-15H,1H3. The van der Waals surface area contributed by atoms with Crippen LogP contribution < -0.4 is 0 Å². The number of hydrogen-bond acceptors (Lipinski definition) is 2. The highest BCUT2D eigenvalue weighted by molar-refractivity contribution is 7.78. The molecule has 0 saturated heterocycles. The van der Waals surface area contributed by atoms with Crippen LogP contribution in [0.15, 0.2) is 77.8 Å². The number of benzene rings is 4. The second kappa shape index (κ2) is 8.39. The van der Waals surface area contributed by atoms with Crippen LogP contribution in [-0.2, 0) is 0 Å². The zero-order valence-electron chi connectivity index (χ0n) is 16.0. The monoisotopic (exact) mass is 411 g/mol. The number of hydrogen-bond donors (Lipinski definition) is 0. The molecule has 0 radical (unpaired) electrons. The fraction of sp³-hybridized carbons (Fsp3) is 0.0385. The number of nitrogens with zero attached hydrogens (tertiary/aromatic N) is 1. The molecule has 0 bridgehead atoms. The van der Waals surface area contributed by atoms with E-state index < -0.39 is 17.3 Å². The smallest absolute Gasteiger partial charge is 0.153 e. The summed E-state index contributed by atoms with van der Waals surface area (Å²) in [5.41, 5.74) is 4.06. The zero-order valence-corrected chi connectivity index (χ0v) is 16.9. The Bertz CT molecular complexity index is 1350. The maximum absolute atomic E-state index is 13.9. The van der Waals surface area contributed by atoms with Gasteiger partial charge in [-0.1, -0.05) is 59.9 Å². The summed E-state index contributed by atoms with van der Waals surface area (Å²) in [5, 5.41) is 4.11. The quantitative estimate of drug-likeness (QED) is 0.193. The average Bonchev–Trinajstić information content (AvgIpc) is 2.75. The summed E-state index contributed by atoms with van der Waals surface area (Å²) >= 11 is 4.40. The van der Waals surface area contributed by atoms with Gasteiger partial charge in [-0.3, -0.25) is 0 Å². The molecule has 0 aromatic heterocycles. The number of thiocarbonyl (C=S) groups is 1. The fourth-order valence-electron chi connectivity index (χ4n) is 3.18. The Morgan fingerprint density at radius 1 is 0.700 bits per heavy atom. The first-order valence-electron chi connectivity index (χ1n) is 9.23. The second-order valence-corrected chi connectivity index (χ2v) is 7.07. The first kappa shape index (κ1) is 19.7. The third-order valence-corrected chi connectivity index (χ3v) is 4.84. The lowest BCUT2D eigenvalue weighted by atomic mass is 9.99. The highest BCUT2D eigenvalue weighted by atomic mass is 32.1. The van der Waals surface area contributed by atoms with E-state index in [9.17, 15) is 8.78 Å². The minimum atomic E-state index is -0.821. The summed E-state index contributed by atoms with van der Waals surface area (Å²) in [5.74, 6) is 4.12. The summed E-state index contributed by atoms with van der Waals surface area (Å²) in [4.78, 5) is 3.40. The number of rotatable bonds is 2. The molecule has 4 heteroatoms. The number of aliphatic imine (C=N–C) groups is 1. The fourth-order valence-corrected chi connectivity index (χ4v) is 3.27. The topological polar surface area (TPSA) is 12.4 Å². The van der Waals surface area contributed by atoms with Gasteiger partial charge in [0.1, 0.15) is 5.69 Å². The predicted octanol–water partition coefficient (Wildman–Crippen LogP) is 7.23. The number of fused-ring (bicyclic) bond motifs is 1. The van der Waals surface area contributed by atoms with Gasteiger partial charge in [0.15, 0.2) is 11.6 Å². The first-order chi connectivity index (χ1) is 14.5. The summed E-state index contributed by atoms with van der Waals surface area (Å²) in [6, 6.07) is 22.8. The van der Waals surface area contributed by atoms with Gasteiger partial charge in [0.25, 0.3) is 0 Å². The van der Waals surface area contributed by atoms with Crippen molar-refractivity contribution in [3.63, 3.8) is 0 Å². The van der Waals surface area contributed by atoms with Crippen LogP contribution in [0.3, 0.4) is 0 Å². The van der Waals surface area contributed by atoms with E-state index in [1.165, 1.54) is 5.56 Å². The molecule has 4 aromatic carbocycles. The number of aryl methyl sites for hydroxylation is 1. The van der Waals surface area contributed by atoms with Gasteiger partial charge in [0.05, 0.1) is 5.16 Å². The van der Waals surface area contributed by atoms with Gasteiger partial charge in [-0.25, -0.2) is 8.78 Å². The molecule has 0 atom stereocenters. The van der Waals surface area contributed by atoms with Crippen LogP contribution in [0.2, 0.25) is 0 Å². The lowest BCUT2D eigenvalue weighted by molar-refractivity contribution is 0.587. The van der Waals surface area contributed by atoms with Gasteiger partial charge in [0, 0.05) is 11.1 Å². The predicted molar refractivity (Wildman–Crippen MR) is 121 cm³/mol. The van der Waals surface area contributed by atoms with E-state index >= 15 is 0 Å². The molecule has 4 aromatic rings. The Balaban J connectivity index is 1.65. The summed E-state index contributed by atoms with van der Waals surface area (Å²) < 4.78 is 27.9. The molecular weight excluding hydrogens is 396 g/mol. The Hall–Kier alpha value is -3.64. The van der Waals surface area contributed by atoms with Crippen LogP contribution in [0.25, 0.3) is 21.9 Å². The van der Waals surface area contributed by atoms with E-state index in [-0.39, 0.29) is 5.56 Å². The molecule has 144 valence electrons. The normalized spacial score (nSPS) is 10.2. The van der Waals surface area contributed by atoms with Crippen LogP contribution in [0.1, 0.15) is 16.7 Å². The maximum atomic E-state index is 13.9. The van der Waals surface area contributed by atoms with Crippen molar-refractivity contribution in [2.24, 2.45) is 4.99 Å². The molecule has 0 aliphatic rings. The van der Waals surface area contributed by atoms with Gasteiger partial charge < -0.3 is 0 Å². The lowest BCUT2D eigenvalue weighted by Crippen LogP contribution is -1.86. The van der Waals surface area contributed by atoms with Gasteiger partial charge in [-0.2, -0.15) is 4.99 Å². The van der Waals surface area contributed by atoms with Crippen molar-refractivity contribution in [3.8, 4) is 23.0 Å². The average molecular weight is 411 g/mol. The van der Waals surface area contributed by atoms with Gasteiger partial charge in [-0.15, -0.1) is 0 Å². The second-order valence-electron chi connectivity index (χ2n) is 6.88. The van der Waals surface area contributed by atoms with Crippen LogP contribution in [0.5, 0.6) is 0 Å². The van der Waals surface area contributed by atoms with Crippen LogP contribution >= 0.6 is 12.2 Å². The van der Waals surface area contributed by atoms with E-state index in [1.807, 2.05) is 29.4 Å². The first-order valence-corrected chi connectivity index (χ1v) is 9.64. The molecule has 0 fully saturated rings. The molecule has 4 rings (SSSR count). The molecule has 0 N–H and O–H groups in total. The molecule has 0 unspecified atom stereocenters. The Morgan fingerprint density at radius 2 is 1.30 bits per heavy atom. The zero-order chi connectivity index (χ0) is 21.1. The molecule has 0 saturated carbocycles. The van der Waals surface area contributed by atoms with Crippen molar-refractivity contribution in [1.82, 2.24) is 0 Å². The van der Waals surface area contributed by atoms with Crippen molar-refractivity contribution < 1.29 is 8.78 Å². The van der Waals surface area contributed by atoms with Gasteiger partial charge in [-0.05, 0) is 71.4 Å². The van der Waals surface area contributed by atoms with Crippen molar-refractivity contribution >= 4 is 33.8 Å². The SMILES string of the molecule is Cc1ccc(-c2ccc3cc(C#Cc4cc(F)c(N=C=S)c(F)c4)ccc3c2)cc1. The van der Waals surface area contributed by atoms with E-state index in [2.05, 4.69) is 72.4 Å². The van der Waals surface area contributed by atoms with Crippen LogP contribution in [-0.4, -0.2) is 5.16 Å². The molecule has 30 heavy (non-hydrogen) atoms. The van der Waals surface area contributed by atoms with E-state index in [0.29, 0.717) is 0 Å².